The number of hydrogen-bond donors (Lipinski definition) is 1. The first kappa shape index (κ1) is 13.0. The third kappa shape index (κ3) is 2.35. The molecule has 102 valence electrons. The molecule has 0 amide bonds. The van der Waals surface area contributed by atoms with Crippen LogP contribution < -0.4 is 5.73 Å². The monoisotopic (exact) mass is 285 g/mol. The van der Waals surface area contributed by atoms with Gasteiger partial charge in [-0.05, 0) is 6.92 Å². The summed E-state index contributed by atoms with van der Waals surface area (Å²) in [5.41, 5.74) is 7.66. The Balaban J connectivity index is 2.00. The number of rotatable bonds is 3. The molecule has 20 heavy (non-hydrogen) atoms. The third-order valence-corrected chi connectivity index (χ3v) is 3.98. The van der Waals surface area contributed by atoms with Crippen LogP contribution >= 0.6 is 11.3 Å². The maximum absolute atomic E-state index is 5.84. The molecule has 2 heterocycles. The zero-order chi connectivity index (χ0) is 14.1. The standard InChI is InChI=1S/C14H15N5S/c1-9(15)14-16-11(8-20-14)13-17-12(18-19(13)2)10-6-4-3-5-7-10/h3-9H,15H2,1-2H3. The van der Waals surface area contributed by atoms with Crippen molar-refractivity contribution in [2.45, 2.75) is 13.0 Å². The van der Waals surface area contributed by atoms with Gasteiger partial charge in [-0.25, -0.2) is 14.6 Å². The molecule has 0 saturated carbocycles. The van der Waals surface area contributed by atoms with Crippen molar-refractivity contribution in [3.63, 3.8) is 0 Å². The summed E-state index contributed by atoms with van der Waals surface area (Å²) in [6.07, 6.45) is 0. The molecular weight excluding hydrogens is 270 g/mol. The minimum absolute atomic E-state index is 0.0597. The van der Waals surface area contributed by atoms with Crippen molar-refractivity contribution in [3.8, 4) is 22.9 Å². The maximum Gasteiger partial charge on any atom is 0.181 e. The molecule has 2 aromatic heterocycles. The Kier molecular flexibility index (Phi) is 3.33. The highest BCUT2D eigenvalue weighted by Gasteiger charge is 2.15. The van der Waals surface area contributed by atoms with E-state index in [2.05, 4.69) is 15.1 Å². The number of aryl methyl sites for hydroxylation is 1. The average Bonchev–Trinajstić information content (AvgIpc) is 3.06. The van der Waals surface area contributed by atoms with Gasteiger partial charge in [-0.2, -0.15) is 5.10 Å². The van der Waals surface area contributed by atoms with Crippen molar-refractivity contribution in [2.75, 3.05) is 0 Å². The molecule has 0 fully saturated rings. The summed E-state index contributed by atoms with van der Waals surface area (Å²) in [4.78, 5) is 9.10. The summed E-state index contributed by atoms with van der Waals surface area (Å²) in [5.74, 6) is 1.46. The summed E-state index contributed by atoms with van der Waals surface area (Å²) < 4.78 is 1.75. The number of benzene rings is 1. The topological polar surface area (TPSA) is 69.6 Å². The predicted octanol–water partition coefficient (Wildman–Crippen LogP) is 2.63. The Bertz CT molecular complexity index is 714. The van der Waals surface area contributed by atoms with Crippen LogP contribution in [-0.4, -0.2) is 19.7 Å². The van der Waals surface area contributed by atoms with Crippen LogP contribution in [0.1, 0.15) is 18.0 Å². The number of hydrogen-bond acceptors (Lipinski definition) is 5. The minimum atomic E-state index is -0.0597. The van der Waals surface area contributed by atoms with Gasteiger partial charge in [0.15, 0.2) is 11.6 Å². The van der Waals surface area contributed by atoms with Gasteiger partial charge in [-0.1, -0.05) is 30.3 Å². The van der Waals surface area contributed by atoms with Crippen molar-refractivity contribution in [1.29, 1.82) is 0 Å². The van der Waals surface area contributed by atoms with Crippen molar-refractivity contribution < 1.29 is 0 Å². The molecule has 5 nitrogen and oxygen atoms in total. The van der Waals surface area contributed by atoms with Gasteiger partial charge in [-0.3, -0.25) is 0 Å². The predicted molar refractivity (Wildman–Crippen MR) is 80.1 cm³/mol. The van der Waals surface area contributed by atoms with Gasteiger partial charge in [0.1, 0.15) is 10.7 Å². The maximum atomic E-state index is 5.84. The molecule has 0 aliphatic carbocycles. The highest BCUT2D eigenvalue weighted by molar-refractivity contribution is 7.10. The van der Waals surface area contributed by atoms with Crippen molar-refractivity contribution in [2.24, 2.45) is 12.8 Å². The third-order valence-electron chi connectivity index (χ3n) is 2.94. The largest absolute Gasteiger partial charge is 0.322 e. The first-order valence-electron chi connectivity index (χ1n) is 6.33. The average molecular weight is 285 g/mol. The Morgan fingerprint density at radius 3 is 2.60 bits per heavy atom. The Labute approximate surface area is 121 Å². The lowest BCUT2D eigenvalue weighted by Gasteiger charge is -1.97. The molecule has 0 radical (unpaired) electrons. The SMILES string of the molecule is CC(N)c1nc(-c2nc(-c3ccccc3)nn2C)cs1. The molecule has 1 aromatic carbocycles. The van der Waals surface area contributed by atoms with Crippen LogP contribution in [0.5, 0.6) is 0 Å². The van der Waals surface area contributed by atoms with Crippen LogP contribution in [0, 0.1) is 0 Å². The second-order valence-corrected chi connectivity index (χ2v) is 5.50. The van der Waals surface area contributed by atoms with Gasteiger partial charge in [0, 0.05) is 18.0 Å². The fourth-order valence-corrected chi connectivity index (χ4v) is 2.67. The fraction of sp³-hybridized carbons (Fsp3) is 0.214. The molecular formula is C14H15N5S. The van der Waals surface area contributed by atoms with E-state index >= 15 is 0 Å². The molecule has 6 heteroatoms. The molecule has 0 saturated heterocycles. The molecule has 1 atom stereocenters. The van der Waals surface area contributed by atoms with E-state index in [4.69, 9.17) is 5.73 Å². The number of aromatic nitrogens is 4. The van der Waals surface area contributed by atoms with Crippen molar-refractivity contribution in [1.82, 2.24) is 19.7 Å². The van der Waals surface area contributed by atoms with Crippen molar-refractivity contribution in [3.05, 3.63) is 40.7 Å². The van der Waals surface area contributed by atoms with Gasteiger partial charge in [0.25, 0.3) is 0 Å². The normalized spacial score (nSPS) is 12.6. The second kappa shape index (κ2) is 5.15. The summed E-state index contributed by atoms with van der Waals surface area (Å²) in [5, 5.41) is 7.33. The van der Waals surface area contributed by atoms with E-state index in [1.54, 1.807) is 16.0 Å². The molecule has 1 unspecified atom stereocenters. The van der Waals surface area contributed by atoms with E-state index in [-0.39, 0.29) is 6.04 Å². The molecule has 0 aliphatic rings. The zero-order valence-corrected chi connectivity index (χ0v) is 12.1. The van der Waals surface area contributed by atoms with Crippen LogP contribution in [-0.2, 0) is 7.05 Å². The first-order chi connectivity index (χ1) is 9.65. The first-order valence-corrected chi connectivity index (χ1v) is 7.21. The molecule has 0 spiro atoms. The lowest BCUT2D eigenvalue weighted by Crippen LogP contribution is -2.04. The van der Waals surface area contributed by atoms with Gasteiger partial charge in [-0.15, -0.1) is 11.3 Å². The summed E-state index contributed by atoms with van der Waals surface area (Å²) in [6.45, 7) is 1.93. The van der Waals surface area contributed by atoms with E-state index in [9.17, 15) is 0 Å². The van der Waals surface area contributed by atoms with E-state index in [0.29, 0.717) is 5.82 Å². The number of nitrogens with two attached hydrogens (primary N) is 1. The number of nitrogens with zero attached hydrogens (tertiary/aromatic N) is 4. The second-order valence-electron chi connectivity index (χ2n) is 4.61. The minimum Gasteiger partial charge on any atom is -0.322 e. The zero-order valence-electron chi connectivity index (χ0n) is 11.3. The van der Waals surface area contributed by atoms with Crippen LogP contribution in [0.25, 0.3) is 22.9 Å². The lowest BCUT2D eigenvalue weighted by molar-refractivity contribution is 0.770. The summed E-state index contributed by atoms with van der Waals surface area (Å²) in [7, 11) is 1.87. The fourth-order valence-electron chi connectivity index (χ4n) is 1.92. The van der Waals surface area contributed by atoms with E-state index in [1.807, 2.05) is 49.7 Å². The van der Waals surface area contributed by atoms with Gasteiger partial charge in [0.05, 0.1) is 6.04 Å². The van der Waals surface area contributed by atoms with Crippen LogP contribution in [0.4, 0.5) is 0 Å². The van der Waals surface area contributed by atoms with E-state index < -0.39 is 0 Å². The highest BCUT2D eigenvalue weighted by Crippen LogP contribution is 2.25. The molecule has 3 rings (SSSR count). The Hall–Kier alpha value is -2.05. The smallest absolute Gasteiger partial charge is 0.181 e. The van der Waals surface area contributed by atoms with Crippen molar-refractivity contribution >= 4 is 11.3 Å². The van der Waals surface area contributed by atoms with E-state index in [1.165, 1.54) is 0 Å². The molecule has 2 N–H and O–H groups in total. The Morgan fingerprint density at radius 2 is 1.95 bits per heavy atom. The van der Waals surface area contributed by atoms with Gasteiger partial charge >= 0.3 is 0 Å². The Morgan fingerprint density at radius 1 is 1.20 bits per heavy atom. The molecule has 0 aliphatic heterocycles. The molecule has 3 aromatic rings. The number of thiazole rings is 1. The quantitative estimate of drug-likeness (QED) is 0.803. The van der Waals surface area contributed by atoms with Gasteiger partial charge < -0.3 is 5.73 Å². The van der Waals surface area contributed by atoms with Crippen LogP contribution in [0.2, 0.25) is 0 Å². The summed E-state index contributed by atoms with van der Waals surface area (Å²) in [6, 6.07) is 9.85. The van der Waals surface area contributed by atoms with Crippen LogP contribution in [0.15, 0.2) is 35.7 Å². The molecule has 0 bridgehead atoms. The summed E-state index contributed by atoms with van der Waals surface area (Å²) >= 11 is 1.55. The van der Waals surface area contributed by atoms with E-state index in [0.717, 1.165) is 22.1 Å². The van der Waals surface area contributed by atoms with Gasteiger partial charge in [0.2, 0.25) is 0 Å². The lowest BCUT2D eigenvalue weighted by atomic mass is 10.2. The highest BCUT2D eigenvalue weighted by atomic mass is 32.1. The van der Waals surface area contributed by atoms with Crippen LogP contribution in [0.3, 0.4) is 0 Å².